The molecular weight excluding hydrogens is 288 g/mol. The molecule has 0 amide bonds. The Morgan fingerprint density at radius 2 is 2.13 bits per heavy atom. The molecular formula is C19H22N2O2. The van der Waals surface area contributed by atoms with Crippen molar-refractivity contribution >= 4 is 16.9 Å². The fourth-order valence-corrected chi connectivity index (χ4v) is 4.35. The molecule has 120 valence electrons. The smallest absolute Gasteiger partial charge is 0.309 e. The maximum atomic E-state index is 12.0. The molecule has 4 heteroatoms. The second-order valence-electron chi connectivity index (χ2n) is 6.94. The zero-order valence-electron chi connectivity index (χ0n) is 13.5. The van der Waals surface area contributed by atoms with Gasteiger partial charge in [0.15, 0.2) is 0 Å². The van der Waals surface area contributed by atoms with Crippen molar-refractivity contribution in [2.75, 3.05) is 6.61 Å². The molecule has 23 heavy (non-hydrogen) atoms. The Morgan fingerprint density at radius 3 is 2.91 bits per heavy atom. The van der Waals surface area contributed by atoms with Gasteiger partial charge in [0, 0.05) is 24.0 Å². The van der Waals surface area contributed by atoms with Crippen molar-refractivity contribution < 1.29 is 9.53 Å². The van der Waals surface area contributed by atoms with Gasteiger partial charge >= 0.3 is 5.97 Å². The lowest BCUT2D eigenvalue weighted by atomic mass is 9.75. The average molecular weight is 310 g/mol. The van der Waals surface area contributed by atoms with Gasteiger partial charge in [0.25, 0.3) is 0 Å². The Hall–Kier alpha value is -1.97. The first-order chi connectivity index (χ1) is 11.2. The second kappa shape index (κ2) is 5.59. The highest BCUT2D eigenvalue weighted by molar-refractivity contribution is 5.81. The molecule has 1 spiro atoms. The van der Waals surface area contributed by atoms with E-state index in [1.165, 1.54) is 10.9 Å². The molecule has 2 aromatic rings. The molecule has 2 fully saturated rings. The van der Waals surface area contributed by atoms with Gasteiger partial charge in [-0.1, -0.05) is 0 Å². The van der Waals surface area contributed by atoms with Gasteiger partial charge in [-0.2, -0.15) is 0 Å². The Balaban J connectivity index is 1.49. The lowest BCUT2D eigenvalue weighted by molar-refractivity contribution is -0.145. The van der Waals surface area contributed by atoms with Crippen LogP contribution in [0.15, 0.2) is 30.7 Å². The topological polar surface area (TPSA) is 52.1 Å². The van der Waals surface area contributed by atoms with E-state index in [1.54, 1.807) is 6.20 Å². The summed E-state index contributed by atoms with van der Waals surface area (Å²) in [6, 6.07) is 4.11. The summed E-state index contributed by atoms with van der Waals surface area (Å²) >= 11 is 0. The molecule has 2 saturated carbocycles. The summed E-state index contributed by atoms with van der Waals surface area (Å²) in [4.78, 5) is 20.7. The number of hydrogen-bond acceptors (Lipinski definition) is 4. The molecule has 0 radical (unpaired) electrons. The largest absolute Gasteiger partial charge is 0.466 e. The Labute approximate surface area is 136 Å². The summed E-state index contributed by atoms with van der Waals surface area (Å²) in [5, 5.41) is 1.17. The number of esters is 1. The van der Waals surface area contributed by atoms with Crippen LogP contribution in [-0.4, -0.2) is 22.5 Å². The van der Waals surface area contributed by atoms with E-state index in [1.807, 2.05) is 25.4 Å². The number of ether oxygens (including phenoxy) is 1. The maximum Gasteiger partial charge on any atom is 0.309 e. The zero-order valence-corrected chi connectivity index (χ0v) is 13.5. The minimum Gasteiger partial charge on any atom is -0.466 e. The predicted octanol–water partition coefficient (Wildman–Crippen LogP) is 3.86. The van der Waals surface area contributed by atoms with Crippen LogP contribution in [0.1, 0.15) is 50.5 Å². The van der Waals surface area contributed by atoms with Crippen LogP contribution in [-0.2, 0) is 9.53 Å². The van der Waals surface area contributed by atoms with Gasteiger partial charge in [-0.15, -0.1) is 0 Å². The van der Waals surface area contributed by atoms with Crippen molar-refractivity contribution in [1.29, 1.82) is 0 Å². The third kappa shape index (κ3) is 2.50. The standard InChI is InChI=1S/C19H22N2O2/c1-2-23-18(22)16-11-19(16)7-3-13(4-8-19)14-5-10-21-17-6-9-20-12-15(14)17/h5-6,9-10,12-13,16H,2-4,7-8,11H2,1H3/t13?,16-,19?/m1/s1. The first-order valence-corrected chi connectivity index (χ1v) is 8.59. The highest BCUT2D eigenvalue weighted by Crippen LogP contribution is 2.63. The van der Waals surface area contributed by atoms with E-state index in [0.717, 1.165) is 37.6 Å². The zero-order chi connectivity index (χ0) is 15.9. The van der Waals surface area contributed by atoms with Crippen LogP contribution in [0.2, 0.25) is 0 Å². The summed E-state index contributed by atoms with van der Waals surface area (Å²) in [5.74, 6) is 0.725. The lowest BCUT2D eigenvalue weighted by Gasteiger charge is -2.30. The summed E-state index contributed by atoms with van der Waals surface area (Å²) in [7, 11) is 0. The molecule has 4 nitrogen and oxygen atoms in total. The highest BCUT2D eigenvalue weighted by Gasteiger charge is 2.59. The van der Waals surface area contributed by atoms with Gasteiger partial charge in [-0.3, -0.25) is 14.8 Å². The Kier molecular flexibility index (Phi) is 3.55. The first-order valence-electron chi connectivity index (χ1n) is 8.59. The van der Waals surface area contributed by atoms with Crippen LogP contribution in [0.5, 0.6) is 0 Å². The molecule has 0 saturated heterocycles. The fraction of sp³-hybridized carbons (Fsp3) is 0.526. The van der Waals surface area contributed by atoms with Gasteiger partial charge in [-0.25, -0.2) is 0 Å². The monoisotopic (exact) mass is 310 g/mol. The number of hydrogen-bond donors (Lipinski definition) is 0. The van der Waals surface area contributed by atoms with Crippen LogP contribution in [0.4, 0.5) is 0 Å². The molecule has 0 unspecified atom stereocenters. The number of nitrogens with zero attached hydrogens (tertiary/aromatic N) is 2. The third-order valence-corrected chi connectivity index (χ3v) is 5.76. The van der Waals surface area contributed by atoms with Crippen LogP contribution < -0.4 is 0 Å². The molecule has 4 rings (SSSR count). The number of fused-ring (bicyclic) bond motifs is 1. The second-order valence-corrected chi connectivity index (χ2v) is 6.94. The highest BCUT2D eigenvalue weighted by atomic mass is 16.5. The number of pyridine rings is 2. The van der Waals surface area contributed by atoms with Gasteiger partial charge in [0.05, 0.1) is 18.0 Å². The molecule has 2 heterocycles. The van der Waals surface area contributed by atoms with Crippen LogP contribution in [0.3, 0.4) is 0 Å². The predicted molar refractivity (Wildman–Crippen MR) is 87.9 cm³/mol. The summed E-state index contributed by atoms with van der Waals surface area (Å²) in [6.45, 7) is 2.37. The molecule has 2 aliphatic rings. The summed E-state index contributed by atoms with van der Waals surface area (Å²) in [5.41, 5.74) is 2.63. The Bertz CT molecular complexity index is 730. The van der Waals surface area contributed by atoms with Gasteiger partial charge in [0.2, 0.25) is 0 Å². The number of rotatable bonds is 3. The van der Waals surface area contributed by atoms with Crippen molar-refractivity contribution in [3.05, 3.63) is 36.3 Å². The number of carbonyl (C=O) groups is 1. The minimum atomic E-state index is 0.0181. The number of aromatic nitrogens is 2. The van der Waals surface area contributed by atoms with Gasteiger partial charge in [-0.05, 0) is 68.1 Å². The molecule has 1 atom stereocenters. The van der Waals surface area contributed by atoms with E-state index in [-0.39, 0.29) is 17.3 Å². The molecule has 2 aliphatic carbocycles. The summed E-state index contributed by atoms with van der Waals surface area (Å²) in [6.07, 6.45) is 11.2. The SMILES string of the molecule is CCOC(=O)[C@H]1CC12CCC(c1ccnc3ccncc13)CC2. The lowest BCUT2D eigenvalue weighted by Crippen LogP contribution is -2.20. The van der Waals surface area contributed by atoms with E-state index in [0.29, 0.717) is 12.5 Å². The molecule has 2 aromatic heterocycles. The van der Waals surface area contributed by atoms with Crippen LogP contribution in [0.25, 0.3) is 10.9 Å². The van der Waals surface area contributed by atoms with Crippen molar-refractivity contribution in [1.82, 2.24) is 9.97 Å². The van der Waals surface area contributed by atoms with Crippen molar-refractivity contribution in [3.63, 3.8) is 0 Å². The molecule has 0 aromatic carbocycles. The first kappa shape index (κ1) is 14.6. The normalized spacial score (nSPS) is 29.6. The van der Waals surface area contributed by atoms with Crippen molar-refractivity contribution in [3.8, 4) is 0 Å². The van der Waals surface area contributed by atoms with Crippen LogP contribution in [0, 0.1) is 11.3 Å². The van der Waals surface area contributed by atoms with E-state index < -0.39 is 0 Å². The quantitative estimate of drug-likeness (QED) is 0.808. The minimum absolute atomic E-state index is 0.0181. The molecule has 0 N–H and O–H groups in total. The van der Waals surface area contributed by atoms with Gasteiger partial charge < -0.3 is 4.74 Å². The van der Waals surface area contributed by atoms with Gasteiger partial charge in [0.1, 0.15) is 0 Å². The van der Waals surface area contributed by atoms with E-state index in [4.69, 9.17) is 4.74 Å². The van der Waals surface area contributed by atoms with E-state index in [2.05, 4.69) is 16.0 Å². The fourth-order valence-electron chi connectivity index (χ4n) is 4.35. The molecule has 0 bridgehead atoms. The van der Waals surface area contributed by atoms with E-state index >= 15 is 0 Å². The third-order valence-electron chi connectivity index (χ3n) is 5.76. The van der Waals surface area contributed by atoms with Crippen molar-refractivity contribution in [2.24, 2.45) is 11.3 Å². The van der Waals surface area contributed by atoms with E-state index in [9.17, 15) is 4.79 Å². The number of carbonyl (C=O) groups excluding carboxylic acids is 1. The average Bonchev–Trinajstić information content (AvgIpc) is 3.29. The summed E-state index contributed by atoms with van der Waals surface area (Å²) < 4.78 is 5.21. The maximum absolute atomic E-state index is 12.0. The Morgan fingerprint density at radius 1 is 1.30 bits per heavy atom. The van der Waals surface area contributed by atoms with Crippen LogP contribution >= 0.6 is 0 Å². The molecule has 0 aliphatic heterocycles. The van der Waals surface area contributed by atoms with Crippen molar-refractivity contribution in [2.45, 2.75) is 44.9 Å².